The Morgan fingerprint density at radius 1 is 1.11 bits per heavy atom. The summed E-state index contributed by atoms with van der Waals surface area (Å²) in [6.07, 6.45) is -4.49. The largest absolute Gasteiger partial charge is 0.483 e. The van der Waals surface area contributed by atoms with E-state index in [1.807, 2.05) is 0 Å². The molecule has 2 aromatic carbocycles. The van der Waals surface area contributed by atoms with Crippen LogP contribution in [0.5, 0.6) is 5.75 Å². The highest BCUT2D eigenvalue weighted by Crippen LogP contribution is 2.31. The Morgan fingerprint density at radius 2 is 1.80 bits per heavy atom. The van der Waals surface area contributed by atoms with Crippen molar-refractivity contribution < 1.29 is 36.3 Å². The van der Waals surface area contributed by atoms with Gasteiger partial charge in [-0.1, -0.05) is 29.3 Å². The Labute approximate surface area is 205 Å². The average Bonchev–Trinajstić information content (AvgIpc) is 2.78. The van der Waals surface area contributed by atoms with Crippen molar-refractivity contribution in [1.82, 2.24) is 4.98 Å². The number of hydrogen-bond acceptors (Lipinski definition) is 5. The maximum atomic E-state index is 14.2. The van der Waals surface area contributed by atoms with Crippen LogP contribution in [0.4, 0.5) is 27.6 Å². The van der Waals surface area contributed by atoms with E-state index in [1.54, 1.807) is 19.2 Å². The second kappa shape index (κ2) is 11.8. The highest BCUT2D eigenvalue weighted by Gasteiger charge is 2.29. The Balaban J connectivity index is 0.000000360. The lowest BCUT2D eigenvalue weighted by Crippen LogP contribution is -2.20. The number of halogens is 7. The van der Waals surface area contributed by atoms with Crippen LogP contribution in [0.1, 0.15) is 20.8 Å². The van der Waals surface area contributed by atoms with Crippen molar-refractivity contribution >= 4 is 41.1 Å². The molecule has 0 atom stereocenters. The number of carbonyl (C=O) groups excluding carboxylic acids is 2. The monoisotopic (exact) mass is 535 g/mol. The van der Waals surface area contributed by atoms with Crippen molar-refractivity contribution in [2.45, 2.75) is 6.18 Å². The molecule has 6 nitrogen and oxygen atoms in total. The lowest BCUT2D eigenvalue weighted by molar-refractivity contribution is -0.153. The van der Waals surface area contributed by atoms with E-state index in [1.165, 1.54) is 18.2 Å². The van der Waals surface area contributed by atoms with E-state index in [-0.39, 0.29) is 34.1 Å². The number of hydrogen-bond donors (Lipinski definition) is 2. The van der Waals surface area contributed by atoms with Gasteiger partial charge in [-0.05, 0) is 36.4 Å². The van der Waals surface area contributed by atoms with Crippen molar-refractivity contribution in [1.29, 1.82) is 0 Å². The number of carbonyl (C=O) groups is 2. The number of amides is 1. The first-order valence-corrected chi connectivity index (χ1v) is 10.2. The maximum absolute atomic E-state index is 14.2. The number of nitrogens with two attached hydrogens (primary N) is 1. The number of pyridine rings is 1. The minimum Gasteiger partial charge on any atom is -0.483 e. The summed E-state index contributed by atoms with van der Waals surface area (Å²) in [5, 5.41) is 2.99. The molecule has 0 unspecified atom stereocenters. The van der Waals surface area contributed by atoms with Crippen LogP contribution >= 0.6 is 23.2 Å². The molecule has 0 aliphatic rings. The smallest absolute Gasteiger partial charge is 0.422 e. The number of benzene rings is 2. The molecule has 0 bridgehead atoms. The van der Waals surface area contributed by atoms with Gasteiger partial charge in [-0.2, -0.15) is 13.2 Å². The van der Waals surface area contributed by atoms with Gasteiger partial charge in [0.25, 0.3) is 5.91 Å². The third-order valence-corrected chi connectivity index (χ3v) is 4.81. The van der Waals surface area contributed by atoms with Gasteiger partial charge in [0.05, 0.1) is 27.0 Å². The fourth-order valence-electron chi connectivity index (χ4n) is 2.64. The van der Waals surface area contributed by atoms with E-state index in [0.29, 0.717) is 16.8 Å². The van der Waals surface area contributed by atoms with Crippen LogP contribution in [0.3, 0.4) is 0 Å². The predicted octanol–water partition coefficient (Wildman–Crippen LogP) is 5.91. The first kappa shape index (κ1) is 27.8. The second-order valence-corrected chi connectivity index (χ2v) is 7.44. The summed E-state index contributed by atoms with van der Waals surface area (Å²) in [7, 11) is 1.63. The van der Waals surface area contributed by atoms with Gasteiger partial charge in [-0.3, -0.25) is 9.59 Å². The van der Waals surface area contributed by atoms with Gasteiger partial charge >= 0.3 is 6.18 Å². The predicted molar refractivity (Wildman–Crippen MR) is 121 cm³/mol. The number of aldehydes is 1. The molecule has 13 heteroatoms. The van der Waals surface area contributed by atoms with Crippen LogP contribution < -0.4 is 15.8 Å². The minimum absolute atomic E-state index is 0.0743. The third-order valence-electron chi connectivity index (χ3n) is 4.19. The van der Waals surface area contributed by atoms with E-state index in [9.17, 15) is 31.5 Å². The van der Waals surface area contributed by atoms with E-state index in [0.717, 1.165) is 6.07 Å². The van der Waals surface area contributed by atoms with Gasteiger partial charge in [0.2, 0.25) is 0 Å². The van der Waals surface area contributed by atoms with Gasteiger partial charge < -0.3 is 15.8 Å². The number of primary amides is 1. The van der Waals surface area contributed by atoms with Gasteiger partial charge in [0.15, 0.2) is 12.9 Å². The molecule has 0 aliphatic carbocycles. The van der Waals surface area contributed by atoms with Crippen LogP contribution in [-0.4, -0.2) is 37.0 Å². The number of alkyl halides is 3. The van der Waals surface area contributed by atoms with Crippen LogP contribution in [0, 0.1) is 11.6 Å². The molecule has 3 aromatic rings. The molecular weight excluding hydrogens is 520 g/mol. The molecule has 3 rings (SSSR count). The zero-order valence-electron chi connectivity index (χ0n) is 17.7. The van der Waals surface area contributed by atoms with Gasteiger partial charge in [0, 0.05) is 12.6 Å². The van der Waals surface area contributed by atoms with Crippen molar-refractivity contribution in [3.05, 3.63) is 75.4 Å². The standard InChI is InChI=1S/C15H9ClF4N2O3.C7H7ClFN/c16-9-1-2-11(22-13(9)14(21)24)8-4-12(25-6-15(18,19)20)7(5-23)3-10(8)17;1-10-7-5(8)3-2-4-6(7)9/h1-5H,6H2,(H2,21,24);2-4,10H,1H3. The molecular formula is C22H16Cl2F5N3O3. The topological polar surface area (TPSA) is 94.3 Å². The summed E-state index contributed by atoms with van der Waals surface area (Å²) in [6.45, 7) is -1.67. The number of aromatic nitrogens is 1. The highest BCUT2D eigenvalue weighted by atomic mass is 35.5. The Morgan fingerprint density at radius 3 is 2.31 bits per heavy atom. The molecule has 0 spiro atoms. The van der Waals surface area contributed by atoms with Crippen LogP contribution in [0.25, 0.3) is 11.3 Å². The fraction of sp³-hybridized carbons (Fsp3) is 0.136. The lowest BCUT2D eigenvalue weighted by Gasteiger charge is -2.13. The summed E-state index contributed by atoms with van der Waals surface area (Å²) in [5.41, 5.74) is 4.29. The van der Waals surface area contributed by atoms with Gasteiger partial charge in [0.1, 0.15) is 23.1 Å². The van der Waals surface area contributed by atoms with E-state index >= 15 is 0 Å². The molecule has 1 aromatic heterocycles. The summed E-state index contributed by atoms with van der Waals surface area (Å²) in [4.78, 5) is 26.0. The van der Waals surface area contributed by atoms with Crippen molar-refractivity contribution in [3.8, 4) is 17.0 Å². The molecule has 3 N–H and O–H groups in total. The number of ether oxygens (including phenoxy) is 1. The third kappa shape index (κ3) is 7.52. The molecule has 0 aliphatic heterocycles. The van der Waals surface area contributed by atoms with Crippen LogP contribution in [0.15, 0.2) is 42.5 Å². The van der Waals surface area contributed by atoms with E-state index in [4.69, 9.17) is 28.9 Å². The van der Waals surface area contributed by atoms with E-state index < -0.39 is 35.8 Å². The first-order valence-electron chi connectivity index (χ1n) is 9.44. The molecule has 186 valence electrons. The number of para-hydroxylation sites is 1. The lowest BCUT2D eigenvalue weighted by atomic mass is 10.1. The summed E-state index contributed by atoms with van der Waals surface area (Å²) < 4.78 is 68.3. The SMILES string of the molecule is CNc1c(F)cccc1Cl.NC(=O)c1nc(-c2cc(OCC(F)(F)F)c(C=O)cc2F)ccc1Cl. The Bertz CT molecular complexity index is 1220. The molecule has 0 fully saturated rings. The van der Waals surface area contributed by atoms with Crippen molar-refractivity contribution in [2.24, 2.45) is 5.73 Å². The normalized spacial score (nSPS) is 10.7. The number of rotatable bonds is 6. The highest BCUT2D eigenvalue weighted by molar-refractivity contribution is 6.33. The molecule has 1 amide bonds. The van der Waals surface area contributed by atoms with Crippen LogP contribution in [-0.2, 0) is 0 Å². The summed E-state index contributed by atoms with van der Waals surface area (Å²) in [6, 6.07) is 8.61. The van der Waals surface area contributed by atoms with Gasteiger partial charge in [-0.25, -0.2) is 13.8 Å². The minimum atomic E-state index is -4.65. The second-order valence-electron chi connectivity index (χ2n) is 6.63. The van der Waals surface area contributed by atoms with Crippen molar-refractivity contribution in [2.75, 3.05) is 19.0 Å². The van der Waals surface area contributed by atoms with Crippen molar-refractivity contribution in [3.63, 3.8) is 0 Å². The summed E-state index contributed by atoms with van der Waals surface area (Å²) in [5.74, 6) is -2.73. The molecule has 0 saturated heterocycles. The van der Waals surface area contributed by atoms with E-state index in [2.05, 4.69) is 15.0 Å². The zero-order valence-corrected chi connectivity index (χ0v) is 19.2. The Hall–Kier alpha value is -3.44. The molecule has 0 saturated carbocycles. The number of anilines is 1. The maximum Gasteiger partial charge on any atom is 0.422 e. The van der Waals surface area contributed by atoms with Crippen LogP contribution in [0.2, 0.25) is 10.0 Å². The van der Waals surface area contributed by atoms with Gasteiger partial charge in [-0.15, -0.1) is 0 Å². The first-order chi connectivity index (χ1) is 16.4. The zero-order chi connectivity index (χ0) is 26.3. The number of nitrogens with one attached hydrogen (secondary N) is 1. The quantitative estimate of drug-likeness (QED) is 0.302. The Kier molecular flexibility index (Phi) is 9.38. The average molecular weight is 536 g/mol. The molecule has 1 heterocycles. The summed E-state index contributed by atoms with van der Waals surface area (Å²) >= 11 is 11.4. The number of nitrogens with zero attached hydrogens (tertiary/aromatic N) is 1. The molecule has 35 heavy (non-hydrogen) atoms. The fourth-order valence-corrected chi connectivity index (χ4v) is 3.10. The molecule has 0 radical (unpaired) electrons.